The Morgan fingerprint density at radius 3 is 2.47 bits per heavy atom. The lowest BCUT2D eigenvalue weighted by molar-refractivity contribution is -0.148. The number of hydrogen-bond acceptors (Lipinski definition) is 6. The van der Waals surface area contributed by atoms with E-state index in [1.54, 1.807) is 19.9 Å². The molecule has 2 atom stereocenters. The highest BCUT2D eigenvalue weighted by molar-refractivity contribution is 5.81. The van der Waals surface area contributed by atoms with Crippen LogP contribution in [0.25, 0.3) is 0 Å². The lowest BCUT2D eigenvalue weighted by atomic mass is 10.1. The molecule has 1 aliphatic rings. The van der Waals surface area contributed by atoms with Gasteiger partial charge in [0.2, 0.25) is 0 Å². The molecule has 0 aliphatic carbocycles. The number of ether oxygens (including phenoxy) is 4. The zero-order valence-corrected chi connectivity index (χ0v) is 11.7. The SMILES string of the molecule is COC(=O)/C=C/[C@H]1OC(C)(C)O[C@@H]1CCC(=O)OC. The summed E-state index contributed by atoms with van der Waals surface area (Å²) in [5.41, 5.74) is 0. The predicted octanol–water partition coefficient (Wildman–Crippen LogP) is 1.19. The Hall–Kier alpha value is -1.40. The molecule has 1 saturated heterocycles. The molecule has 108 valence electrons. The van der Waals surface area contributed by atoms with Crippen LogP contribution in [0.2, 0.25) is 0 Å². The van der Waals surface area contributed by atoms with E-state index in [-0.39, 0.29) is 18.5 Å². The second kappa shape index (κ2) is 6.68. The molecule has 0 aromatic carbocycles. The number of methoxy groups -OCH3 is 2. The number of carbonyl (C=O) groups excluding carboxylic acids is 2. The molecule has 19 heavy (non-hydrogen) atoms. The van der Waals surface area contributed by atoms with Crippen LogP contribution in [0, 0.1) is 0 Å². The lowest BCUT2D eigenvalue weighted by Gasteiger charge is -2.16. The van der Waals surface area contributed by atoms with Crippen LogP contribution < -0.4 is 0 Å². The Labute approximate surface area is 112 Å². The first kappa shape index (κ1) is 15.7. The molecule has 0 saturated carbocycles. The molecule has 0 spiro atoms. The van der Waals surface area contributed by atoms with E-state index in [4.69, 9.17) is 9.47 Å². The average Bonchev–Trinajstić information content (AvgIpc) is 2.67. The first-order chi connectivity index (χ1) is 8.88. The van der Waals surface area contributed by atoms with Gasteiger partial charge in [0.15, 0.2) is 5.79 Å². The minimum atomic E-state index is -0.744. The molecule has 1 rings (SSSR count). The molecule has 0 radical (unpaired) electrons. The van der Waals surface area contributed by atoms with Crippen LogP contribution in [-0.2, 0) is 28.5 Å². The second-order valence-electron chi connectivity index (χ2n) is 4.64. The fourth-order valence-corrected chi connectivity index (χ4v) is 1.85. The largest absolute Gasteiger partial charge is 0.469 e. The summed E-state index contributed by atoms with van der Waals surface area (Å²) in [6.45, 7) is 3.56. The molecule has 0 aromatic rings. The highest BCUT2D eigenvalue weighted by Gasteiger charge is 2.39. The van der Waals surface area contributed by atoms with Crippen LogP contribution in [-0.4, -0.2) is 44.2 Å². The summed E-state index contributed by atoms with van der Waals surface area (Å²) in [4.78, 5) is 22.2. The van der Waals surface area contributed by atoms with Gasteiger partial charge in [-0.25, -0.2) is 4.79 Å². The molecule has 0 unspecified atom stereocenters. The Balaban J connectivity index is 2.62. The highest BCUT2D eigenvalue weighted by atomic mass is 16.7. The smallest absolute Gasteiger partial charge is 0.330 e. The van der Waals surface area contributed by atoms with E-state index in [1.807, 2.05) is 0 Å². The van der Waals surface area contributed by atoms with Crippen molar-refractivity contribution in [3.05, 3.63) is 12.2 Å². The van der Waals surface area contributed by atoms with Gasteiger partial charge in [0.1, 0.15) is 6.10 Å². The zero-order valence-electron chi connectivity index (χ0n) is 11.7. The van der Waals surface area contributed by atoms with Crippen molar-refractivity contribution in [2.75, 3.05) is 14.2 Å². The average molecular weight is 272 g/mol. The standard InChI is InChI=1S/C13H20O6/c1-13(2)18-9(5-7-11(14)16-3)10(19-13)6-8-12(15)17-4/h5,7,9-10H,6,8H2,1-4H3/b7-5+/t9-,10-/m1/s1. The van der Waals surface area contributed by atoms with E-state index in [0.29, 0.717) is 6.42 Å². The Kier molecular flexibility index (Phi) is 5.50. The molecule has 0 aromatic heterocycles. The van der Waals surface area contributed by atoms with Gasteiger partial charge < -0.3 is 18.9 Å². The molecule has 0 amide bonds. The van der Waals surface area contributed by atoms with Gasteiger partial charge in [-0.05, 0) is 26.3 Å². The summed E-state index contributed by atoms with van der Waals surface area (Å²) in [6, 6.07) is 0. The molecule has 0 N–H and O–H groups in total. The molecule has 6 nitrogen and oxygen atoms in total. The van der Waals surface area contributed by atoms with Crippen LogP contribution in [0.5, 0.6) is 0 Å². The first-order valence-corrected chi connectivity index (χ1v) is 6.06. The number of esters is 2. The maximum atomic E-state index is 11.1. The molecule has 1 fully saturated rings. The third kappa shape index (κ3) is 5.00. The number of carbonyl (C=O) groups is 2. The summed E-state index contributed by atoms with van der Waals surface area (Å²) >= 11 is 0. The van der Waals surface area contributed by atoms with Crippen LogP contribution in [0.3, 0.4) is 0 Å². The summed E-state index contributed by atoms with van der Waals surface area (Å²) in [5, 5.41) is 0. The minimum Gasteiger partial charge on any atom is -0.469 e. The molecule has 6 heteroatoms. The highest BCUT2D eigenvalue weighted by Crippen LogP contribution is 2.31. The van der Waals surface area contributed by atoms with Gasteiger partial charge in [0, 0.05) is 12.5 Å². The third-order valence-electron chi connectivity index (χ3n) is 2.71. The van der Waals surface area contributed by atoms with Crippen LogP contribution in [0.4, 0.5) is 0 Å². The Morgan fingerprint density at radius 2 is 1.89 bits per heavy atom. The molecule has 1 heterocycles. The van der Waals surface area contributed by atoms with E-state index in [9.17, 15) is 9.59 Å². The van der Waals surface area contributed by atoms with Crippen LogP contribution in [0.1, 0.15) is 26.7 Å². The first-order valence-electron chi connectivity index (χ1n) is 6.06. The third-order valence-corrected chi connectivity index (χ3v) is 2.71. The predicted molar refractivity (Wildman–Crippen MR) is 66.2 cm³/mol. The van der Waals surface area contributed by atoms with Gasteiger partial charge in [-0.1, -0.05) is 0 Å². The molecule has 1 aliphatic heterocycles. The van der Waals surface area contributed by atoms with E-state index in [0.717, 1.165) is 0 Å². The Bertz CT molecular complexity index is 360. The summed E-state index contributed by atoms with van der Waals surface area (Å²) in [6.07, 6.45) is 2.90. The normalized spacial score (nSPS) is 25.5. The quantitative estimate of drug-likeness (QED) is 0.553. The maximum absolute atomic E-state index is 11.1. The van der Waals surface area contributed by atoms with E-state index in [2.05, 4.69) is 9.47 Å². The summed E-state index contributed by atoms with van der Waals surface area (Å²) < 4.78 is 20.4. The maximum Gasteiger partial charge on any atom is 0.330 e. The topological polar surface area (TPSA) is 71.1 Å². The van der Waals surface area contributed by atoms with Gasteiger partial charge in [-0.15, -0.1) is 0 Å². The van der Waals surface area contributed by atoms with Crippen molar-refractivity contribution in [2.45, 2.75) is 44.7 Å². The van der Waals surface area contributed by atoms with Crippen LogP contribution >= 0.6 is 0 Å². The lowest BCUT2D eigenvalue weighted by Crippen LogP contribution is -2.22. The van der Waals surface area contributed by atoms with Crippen molar-refractivity contribution in [3.8, 4) is 0 Å². The van der Waals surface area contributed by atoms with Gasteiger partial charge in [0.25, 0.3) is 0 Å². The van der Waals surface area contributed by atoms with Crippen molar-refractivity contribution in [1.82, 2.24) is 0 Å². The van der Waals surface area contributed by atoms with Crippen molar-refractivity contribution in [3.63, 3.8) is 0 Å². The zero-order chi connectivity index (χ0) is 14.5. The molecular formula is C13H20O6. The molecule has 0 bridgehead atoms. The van der Waals surface area contributed by atoms with E-state index in [1.165, 1.54) is 20.3 Å². The number of rotatable bonds is 5. The van der Waals surface area contributed by atoms with Crippen molar-refractivity contribution in [2.24, 2.45) is 0 Å². The summed E-state index contributed by atoms with van der Waals surface area (Å²) in [7, 11) is 2.64. The van der Waals surface area contributed by atoms with E-state index >= 15 is 0 Å². The van der Waals surface area contributed by atoms with Gasteiger partial charge >= 0.3 is 11.9 Å². The number of hydrogen-bond donors (Lipinski definition) is 0. The fourth-order valence-electron chi connectivity index (χ4n) is 1.85. The summed E-state index contributed by atoms with van der Waals surface area (Å²) in [5.74, 6) is -1.50. The second-order valence-corrected chi connectivity index (χ2v) is 4.64. The van der Waals surface area contributed by atoms with Gasteiger partial charge in [-0.3, -0.25) is 4.79 Å². The Morgan fingerprint density at radius 1 is 1.21 bits per heavy atom. The van der Waals surface area contributed by atoms with Crippen molar-refractivity contribution >= 4 is 11.9 Å². The van der Waals surface area contributed by atoms with Gasteiger partial charge in [-0.2, -0.15) is 0 Å². The van der Waals surface area contributed by atoms with Crippen molar-refractivity contribution < 1.29 is 28.5 Å². The van der Waals surface area contributed by atoms with Crippen LogP contribution in [0.15, 0.2) is 12.2 Å². The minimum absolute atomic E-state index is 0.239. The fraction of sp³-hybridized carbons (Fsp3) is 0.692. The monoisotopic (exact) mass is 272 g/mol. The van der Waals surface area contributed by atoms with E-state index < -0.39 is 17.9 Å². The van der Waals surface area contributed by atoms with Crippen molar-refractivity contribution in [1.29, 1.82) is 0 Å². The molecular weight excluding hydrogens is 252 g/mol. The van der Waals surface area contributed by atoms with Gasteiger partial charge in [0.05, 0.1) is 20.3 Å².